The van der Waals surface area contributed by atoms with E-state index >= 15 is 0 Å². The average molecular weight is 360 g/mol. The molecule has 2 aliphatic heterocycles. The predicted octanol–water partition coefficient (Wildman–Crippen LogP) is 1.62. The molecule has 25 heavy (non-hydrogen) atoms. The lowest BCUT2D eigenvalue weighted by Crippen LogP contribution is -2.63. The molecule has 0 radical (unpaired) electrons. The van der Waals surface area contributed by atoms with Crippen LogP contribution >= 0.6 is 0 Å². The van der Waals surface area contributed by atoms with E-state index in [9.17, 15) is 13.6 Å². The third kappa shape index (κ3) is 3.96. The second kappa shape index (κ2) is 8.15. The summed E-state index contributed by atoms with van der Waals surface area (Å²) in [4.78, 5) is 10.9. The van der Waals surface area contributed by atoms with Crippen molar-refractivity contribution in [3.8, 4) is 0 Å². The Morgan fingerprint density at radius 1 is 1.20 bits per heavy atom. The summed E-state index contributed by atoms with van der Waals surface area (Å²) < 4.78 is 57.2. The number of hydrogen-bond donors (Lipinski definition) is 0. The number of ether oxygens (including phenoxy) is 6. The summed E-state index contributed by atoms with van der Waals surface area (Å²) in [6.07, 6.45) is -5.88. The highest BCUT2D eigenvalue weighted by atomic mass is 19.3. The zero-order chi connectivity index (χ0) is 17.8. The van der Waals surface area contributed by atoms with Crippen molar-refractivity contribution in [1.29, 1.82) is 0 Å². The van der Waals surface area contributed by atoms with Crippen LogP contribution < -0.4 is 0 Å². The minimum Gasteiger partial charge on any atom is -0.459 e. The third-order valence-electron chi connectivity index (χ3n) is 4.06. The van der Waals surface area contributed by atoms with Gasteiger partial charge >= 0.3 is 6.61 Å². The molecule has 1 aromatic carbocycles. The topological polar surface area (TPSA) is 72.5 Å². The van der Waals surface area contributed by atoms with E-state index in [0.717, 1.165) is 5.56 Å². The molecular weight excluding hydrogens is 342 g/mol. The molecule has 6 atom stereocenters. The van der Waals surface area contributed by atoms with Crippen molar-refractivity contribution in [3.05, 3.63) is 35.9 Å². The SMILES string of the molecule is CO[C@H]1O[C@@H]2COC(c3ccccc3)O[C@H]2[C@H](OC=O)[C@H]1OC(F)F. The molecule has 0 spiro atoms. The van der Waals surface area contributed by atoms with Gasteiger partial charge in [-0.05, 0) is 0 Å². The molecule has 3 rings (SSSR count). The first-order valence-corrected chi connectivity index (χ1v) is 7.67. The Labute approximate surface area is 142 Å². The lowest BCUT2D eigenvalue weighted by Gasteiger charge is -2.47. The van der Waals surface area contributed by atoms with Crippen LogP contribution in [0.15, 0.2) is 30.3 Å². The summed E-state index contributed by atoms with van der Waals surface area (Å²) >= 11 is 0. The van der Waals surface area contributed by atoms with Crippen molar-refractivity contribution in [2.45, 2.75) is 43.6 Å². The van der Waals surface area contributed by atoms with Gasteiger partial charge in [-0.1, -0.05) is 30.3 Å². The van der Waals surface area contributed by atoms with Crippen molar-refractivity contribution in [2.24, 2.45) is 0 Å². The minimum absolute atomic E-state index is 0.115. The third-order valence-corrected chi connectivity index (χ3v) is 4.06. The summed E-state index contributed by atoms with van der Waals surface area (Å²) in [5, 5.41) is 0. The Morgan fingerprint density at radius 3 is 2.60 bits per heavy atom. The van der Waals surface area contributed by atoms with E-state index in [4.69, 9.17) is 23.7 Å². The summed E-state index contributed by atoms with van der Waals surface area (Å²) in [5.41, 5.74) is 0.742. The summed E-state index contributed by atoms with van der Waals surface area (Å²) in [7, 11) is 1.28. The highest BCUT2D eigenvalue weighted by Gasteiger charge is 2.53. The maximum absolute atomic E-state index is 12.8. The maximum Gasteiger partial charge on any atom is 0.345 e. The van der Waals surface area contributed by atoms with Gasteiger partial charge in [-0.25, -0.2) is 0 Å². The van der Waals surface area contributed by atoms with Gasteiger partial charge in [-0.15, -0.1) is 0 Å². The van der Waals surface area contributed by atoms with E-state index in [-0.39, 0.29) is 13.1 Å². The van der Waals surface area contributed by atoms with Crippen molar-refractivity contribution < 1.29 is 42.0 Å². The van der Waals surface area contributed by atoms with Crippen molar-refractivity contribution in [3.63, 3.8) is 0 Å². The van der Waals surface area contributed by atoms with Gasteiger partial charge in [0.1, 0.15) is 12.2 Å². The molecule has 0 bridgehead atoms. The van der Waals surface area contributed by atoms with E-state index in [1.807, 2.05) is 18.2 Å². The predicted molar refractivity (Wildman–Crippen MR) is 77.5 cm³/mol. The fraction of sp³-hybridized carbons (Fsp3) is 0.562. The van der Waals surface area contributed by atoms with E-state index in [2.05, 4.69) is 4.74 Å². The smallest absolute Gasteiger partial charge is 0.345 e. The number of benzene rings is 1. The van der Waals surface area contributed by atoms with E-state index in [1.165, 1.54) is 7.11 Å². The van der Waals surface area contributed by atoms with Gasteiger partial charge in [0.15, 0.2) is 24.8 Å². The number of carbonyl (C=O) groups is 1. The second-order valence-corrected chi connectivity index (χ2v) is 5.51. The van der Waals surface area contributed by atoms with Crippen LogP contribution in [0, 0.1) is 0 Å². The number of hydrogen-bond acceptors (Lipinski definition) is 7. The van der Waals surface area contributed by atoms with Gasteiger partial charge in [0.25, 0.3) is 6.47 Å². The van der Waals surface area contributed by atoms with Gasteiger partial charge in [0.2, 0.25) is 0 Å². The number of rotatable bonds is 6. The first kappa shape index (κ1) is 18.2. The molecule has 1 aromatic rings. The number of fused-ring (bicyclic) bond motifs is 1. The highest BCUT2D eigenvalue weighted by Crippen LogP contribution is 2.36. The van der Waals surface area contributed by atoms with Crippen molar-refractivity contribution in [2.75, 3.05) is 13.7 Å². The lowest BCUT2D eigenvalue weighted by molar-refractivity contribution is -0.375. The zero-order valence-corrected chi connectivity index (χ0v) is 13.3. The minimum atomic E-state index is -3.09. The number of carbonyl (C=O) groups excluding carboxylic acids is 1. The van der Waals surface area contributed by atoms with Crippen LogP contribution in [0.2, 0.25) is 0 Å². The first-order chi connectivity index (χ1) is 12.1. The Hall–Kier alpha value is -1.65. The van der Waals surface area contributed by atoms with Gasteiger partial charge < -0.3 is 28.4 Å². The molecule has 2 aliphatic rings. The first-order valence-electron chi connectivity index (χ1n) is 7.67. The molecular formula is C16H18F2O7. The lowest BCUT2D eigenvalue weighted by atomic mass is 9.97. The Morgan fingerprint density at radius 2 is 1.96 bits per heavy atom. The molecule has 9 heteroatoms. The van der Waals surface area contributed by atoms with Crippen LogP contribution in [0.5, 0.6) is 0 Å². The molecule has 2 fully saturated rings. The Kier molecular flexibility index (Phi) is 5.92. The maximum atomic E-state index is 12.8. The van der Waals surface area contributed by atoms with Gasteiger partial charge in [-0.2, -0.15) is 8.78 Å². The molecule has 7 nitrogen and oxygen atoms in total. The van der Waals surface area contributed by atoms with Crippen molar-refractivity contribution in [1.82, 2.24) is 0 Å². The Balaban J connectivity index is 1.82. The second-order valence-electron chi connectivity index (χ2n) is 5.51. The van der Waals surface area contributed by atoms with Gasteiger partial charge in [-0.3, -0.25) is 4.79 Å². The van der Waals surface area contributed by atoms with E-state index in [1.54, 1.807) is 12.1 Å². The van der Waals surface area contributed by atoms with Crippen LogP contribution in [0.1, 0.15) is 11.9 Å². The molecule has 0 saturated carbocycles. The fourth-order valence-corrected chi connectivity index (χ4v) is 3.00. The molecule has 0 N–H and O–H groups in total. The quantitative estimate of drug-likeness (QED) is 0.714. The summed E-state index contributed by atoms with van der Waals surface area (Å²) in [5.74, 6) is 0. The number of halogens is 2. The molecule has 1 unspecified atom stereocenters. The normalized spacial score (nSPS) is 35.2. The largest absolute Gasteiger partial charge is 0.459 e. The highest BCUT2D eigenvalue weighted by molar-refractivity contribution is 5.38. The standard InChI is InChI=1S/C16H18F2O7/c1-20-15-13(25-16(17)18)12(22-8-19)11-10(23-15)7-21-14(24-11)9-5-3-2-4-6-9/h2-6,8,10-16H,7H2,1H3/t10-,11-,12+,13-,14?,15+/m1/s1. The monoisotopic (exact) mass is 360 g/mol. The molecule has 0 aliphatic carbocycles. The molecule has 2 saturated heterocycles. The molecule has 0 aromatic heterocycles. The van der Waals surface area contributed by atoms with Crippen LogP contribution in [-0.2, 0) is 33.2 Å². The number of methoxy groups -OCH3 is 1. The number of alkyl halides is 2. The summed E-state index contributed by atoms with van der Waals surface area (Å²) in [6, 6.07) is 9.07. The van der Waals surface area contributed by atoms with Gasteiger partial charge in [0, 0.05) is 12.7 Å². The Bertz CT molecular complexity index is 559. The average Bonchev–Trinajstić information content (AvgIpc) is 2.63. The van der Waals surface area contributed by atoms with Crippen molar-refractivity contribution >= 4 is 6.47 Å². The molecule has 0 amide bonds. The van der Waals surface area contributed by atoms with E-state index in [0.29, 0.717) is 0 Å². The molecule has 138 valence electrons. The van der Waals surface area contributed by atoms with Crippen LogP contribution in [0.4, 0.5) is 8.78 Å². The van der Waals surface area contributed by atoms with Crippen LogP contribution in [-0.4, -0.2) is 57.5 Å². The van der Waals surface area contributed by atoms with Gasteiger partial charge in [0.05, 0.1) is 6.61 Å². The van der Waals surface area contributed by atoms with Crippen LogP contribution in [0.3, 0.4) is 0 Å². The van der Waals surface area contributed by atoms with E-state index < -0.39 is 43.6 Å². The fourth-order valence-electron chi connectivity index (χ4n) is 3.00. The molecule has 2 heterocycles. The summed E-state index contributed by atoms with van der Waals surface area (Å²) in [6.45, 7) is -2.81. The van der Waals surface area contributed by atoms with Crippen LogP contribution in [0.25, 0.3) is 0 Å². The zero-order valence-electron chi connectivity index (χ0n) is 13.3.